The van der Waals surface area contributed by atoms with Gasteiger partial charge in [0.25, 0.3) is 0 Å². The average Bonchev–Trinajstić information content (AvgIpc) is 1.85. The van der Waals surface area contributed by atoms with Crippen LogP contribution in [-0.2, 0) is 0 Å². The fourth-order valence-electron chi connectivity index (χ4n) is 0.357. The third-order valence-electron chi connectivity index (χ3n) is 1.01. The molecule has 0 aliphatic carbocycles. The first-order chi connectivity index (χ1) is 4.48. The van der Waals surface area contributed by atoms with E-state index in [0.29, 0.717) is 0 Å². The van der Waals surface area contributed by atoms with Gasteiger partial charge in [0.2, 0.25) is 0 Å². The molecule has 0 amide bonds. The normalized spacial score (nSPS) is 9.50. The van der Waals surface area contributed by atoms with Crippen molar-refractivity contribution in [1.82, 2.24) is 0 Å². The molecule has 0 aromatic rings. The summed E-state index contributed by atoms with van der Waals surface area (Å²) in [4.78, 5) is 0. The van der Waals surface area contributed by atoms with Gasteiger partial charge in [-0.15, -0.1) is 5.73 Å². The molecule has 0 aromatic heterocycles. The second kappa shape index (κ2) is 3.25. The van der Waals surface area contributed by atoms with Crippen LogP contribution < -0.4 is 0 Å². The zero-order chi connectivity index (χ0) is 8.20. The molecule has 0 bridgehead atoms. The second-order valence-electron chi connectivity index (χ2n) is 3.12. The summed E-state index contributed by atoms with van der Waals surface area (Å²) in [5, 5.41) is 8.58. The summed E-state index contributed by atoms with van der Waals surface area (Å²) in [6, 6.07) is 2.17. The fraction of sp³-hybridized carbons (Fsp3) is 0.556. The highest BCUT2D eigenvalue weighted by Gasteiger charge is 2.10. The number of allylic oxidation sites excluding steroid dienone is 1. The van der Waals surface area contributed by atoms with E-state index in [1.165, 1.54) is 0 Å². The van der Waals surface area contributed by atoms with Crippen LogP contribution >= 0.6 is 0 Å². The van der Waals surface area contributed by atoms with Gasteiger partial charge in [-0.1, -0.05) is 0 Å². The van der Waals surface area contributed by atoms with Crippen LogP contribution in [0.15, 0.2) is 17.4 Å². The van der Waals surface area contributed by atoms with E-state index in [1.807, 2.05) is 27.7 Å². The largest absolute Gasteiger partial charge is 0.197 e. The van der Waals surface area contributed by atoms with Crippen LogP contribution in [-0.4, -0.2) is 0 Å². The summed E-state index contributed by atoms with van der Waals surface area (Å²) in [7, 11) is 0. The van der Waals surface area contributed by atoms with Gasteiger partial charge in [0.05, 0.1) is 11.5 Å². The lowest BCUT2D eigenvalue weighted by Crippen LogP contribution is -2.00. The van der Waals surface area contributed by atoms with Gasteiger partial charge >= 0.3 is 0 Å². The minimum atomic E-state index is -0.378. The van der Waals surface area contributed by atoms with E-state index >= 15 is 0 Å². The molecule has 0 saturated heterocycles. The second-order valence-corrected chi connectivity index (χ2v) is 3.12. The summed E-state index contributed by atoms with van der Waals surface area (Å²) in [6.45, 7) is 7.65. The Bertz CT molecular complexity index is 205. The number of nitriles is 1. The van der Waals surface area contributed by atoms with Gasteiger partial charge < -0.3 is 0 Å². The lowest BCUT2D eigenvalue weighted by atomic mass is 9.96. The highest BCUT2D eigenvalue weighted by Crippen LogP contribution is 2.13. The van der Waals surface area contributed by atoms with Crippen molar-refractivity contribution < 1.29 is 0 Å². The van der Waals surface area contributed by atoms with E-state index in [4.69, 9.17) is 5.26 Å². The van der Waals surface area contributed by atoms with Crippen molar-refractivity contribution >= 4 is 0 Å². The van der Waals surface area contributed by atoms with Gasteiger partial charge in [0.15, 0.2) is 0 Å². The van der Waals surface area contributed by atoms with E-state index in [9.17, 15) is 0 Å². The number of hydrogen-bond donors (Lipinski definition) is 0. The van der Waals surface area contributed by atoms with Crippen molar-refractivity contribution in [3.8, 4) is 6.07 Å². The first-order valence-electron chi connectivity index (χ1n) is 3.30. The van der Waals surface area contributed by atoms with Crippen molar-refractivity contribution in [2.45, 2.75) is 27.7 Å². The Morgan fingerprint density at radius 3 is 2.20 bits per heavy atom. The zero-order valence-electron chi connectivity index (χ0n) is 7.02. The molecule has 54 valence electrons. The zero-order valence-corrected chi connectivity index (χ0v) is 7.02. The molecule has 0 fully saturated rings. The Morgan fingerprint density at radius 1 is 1.40 bits per heavy atom. The standard InChI is InChI=1S/C9H13N/c1-8(2)5-6-9(3,4)7-10/h6H,1-4H3. The Morgan fingerprint density at radius 2 is 1.90 bits per heavy atom. The molecule has 10 heavy (non-hydrogen) atoms. The van der Waals surface area contributed by atoms with Crippen LogP contribution in [0, 0.1) is 16.7 Å². The van der Waals surface area contributed by atoms with Gasteiger partial charge in [0.1, 0.15) is 0 Å². The van der Waals surface area contributed by atoms with Crippen molar-refractivity contribution in [3.05, 3.63) is 17.4 Å². The average molecular weight is 135 g/mol. The first kappa shape index (κ1) is 9.01. The molecule has 0 aromatic carbocycles. The summed E-state index contributed by atoms with van der Waals surface area (Å²) < 4.78 is 0. The van der Waals surface area contributed by atoms with Gasteiger partial charge in [-0.25, -0.2) is 0 Å². The summed E-state index contributed by atoms with van der Waals surface area (Å²) in [5.41, 5.74) is 3.73. The SMILES string of the molecule is CC(C)=C=CC(C)(C)C#N. The Hall–Kier alpha value is -0.990. The van der Waals surface area contributed by atoms with Crippen LogP contribution in [0.5, 0.6) is 0 Å². The van der Waals surface area contributed by atoms with E-state index in [2.05, 4.69) is 11.8 Å². The van der Waals surface area contributed by atoms with E-state index < -0.39 is 0 Å². The molecular weight excluding hydrogens is 122 g/mol. The molecule has 0 atom stereocenters. The highest BCUT2D eigenvalue weighted by atomic mass is 14.3. The van der Waals surface area contributed by atoms with Gasteiger partial charge in [0, 0.05) is 0 Å². The molecular formula is C9H13N. The summed E-state index contributed by atoms with van der Waals surface area (Å²) >= 11 is 0. The van der Waals surface area contributed by atoms with Gasteiger partial charge in [-0.05, 0) is 39.3 Å². The molecule has 0 saturated carbocycles. The fourth-order valence-corrected chi connectivity index (χ4v) is 0.357. The Kier molecular flexibility index (Phi) is 2.93. The molecule has 0 unspecified atom stereocenters. The summed E-state index contributed by atoms with van der Waals surface area (Å²) in [6.07, 6.45) is 1.79. The molecule has 0 aliphatic heterocycles. The molecule has 1 nitrogen and oxygen atoms in total. The predicted molar refractivity (Wildman–Crippen MR) is 42.3 cm³/mol. The van der Waals surface area contributed by atoms with Crippen molar-refractivity contribution in [2.75, 3.05) is 0 Å². The lowest BCUT2D eigenvalue weighted by Gasteiger charge is -2.04. The number of hydrogen-bond acceptors (Lipinski definition) is 1. The van der Waals surface area contributed by atoms with E-state index in [-0.39, 0.29) is 5.41 Å². The smallest absolute Gasteiger partial charge is 0.0770 e. The first-order valence-corrected chi connectivity index (χ1v) is 3.30. The monoisotopic (exact) mass is 135 g/mol. The Labute approximate surface area is 62.7 Å². The Balaban J connectivity index is 4.47. The number of rotatable bonds is 1. The quantitative estimate of drug-likeness (QED) is 0.507. The van der Waals surface area contributed by atoms with Crippen molar-refractivity contribution in [3.63, 3.8) is 0 Å². The molecule has 0 rings (SSSR count). The van der Waals surface area contributed by atoms with Gasteiger partial charge in [-0.2, -0.15) is 5.26 Å². The third-order valence-corrected chi connectivity index (χ3v) is 1.01. The van der Waals surface area contributed by atoms with Crippen LogP contribution in [0.2, 0.25) is 0 Å². The maximum atomic E-state index is 8.58. The molecule has 0 radical (unpaired) electrons. The van der Waals surface area contributed by atoms with Crippen LogP contribution in [0.3, 0.4) is 0 Å². The maximum absolute atomic E-state index is 8.58. The minimum Gasteiger partial charge on any atom is -0.197 e. The maximum Gasteiger partial charge on any atom is 0.0770 e. The molecule has 0 aliphatic rings. The molecule has 0 heterocycles. The van der Waals surface area contributed by atoms with Crippen LogP contribution in [0.1, 0.15) is 27.7 Å². The summed E-state index contributed by atoms with van der Waals surface area (Å²) in [5.74, 6) is 0. The third kappa shape index (κ3) is 3.95. The lowest BCUT2D eigenvalue weighted by molar-refractivity contribution is 0.645. The number of nitrogens with zero attached hydrogens (tertiary/aromatic N) is 1. The van der Waals surface area contributed by atoms with Crippen molar-refractivity contribution in [1.29, 1.82) is 5.26 Å². The minimum absolute atomic E-state index is 0.378. The van der Waals surface area contributed by atoms with Crippen LogP contribution in [0.4, 0.5) is 0 Å². The van der Waals surface area contributed by atoms with Crippen molar-refractivity contribution in [2.24, 2.45) is 5.41 Å². The topological polar surface area (TPSA) is 23.8 Å². The predicted octanol–water partition coefficient (Wildman–Crippen LogP) is 2.66. The molecule has 0 spiro atoms. The van der Waals surface area contributed by atoms with Gasteiger partial charge in [-0.3, -0.25) is 0 Å². The van der Waals surface area contributed by atoms with Crippen LogP contribution in [0.25, 0.3) is 0 Å². The molecule has 1 heteroatoms. The van der Waals surface area contributed by atoms with E-state index in [0.717, 1.165) is 5.57 Å². The van der Waals surface area contributed by atoms with E-state index in [1.54, 1.807) is 6.08 Å². The molecule has 0 N–H and O–H groups in total. The highest BCUT2D eigenvalue weighted by molar-refractivity contribution is 5.09.